The third-order valence-electron chi connectivity index (χ3n) is 5.00. The zero-order valence-corrected chi connectivity index (χ0v) is 17.3. The maximum absolute atomic E-state index is 12.7. The van der Waals surface area contributed by atoms with Crippen molar-refractivity contribution >= 4 is 17.6 Å². The van der Waals surface area contributed by atoms with Crippen molar-refractivity contribution in [2.75, 3.05) is 24.6 Å². The molecule has 0 atom stereocenters. The first-order chi connectivity index (χ1) is 14.1. The molecule has 0 heterocycles. The maximum Gasteiger partial charge on any atom is 0.315 e. The Balaban J connectivity index is 1.78. The summed E-state index contributed by atoms with van der Waals surface area (Å²) in [5.74, 6) is 0.691. The van der Waals surface area contributed by atoms with Crippen LogP contribution in [0.15, 0.2) is 24.3 Å². The van der Waals surface area contributed by atoms with E-state index in [1.807, 2.05) is 31.2 Å². The highest BCUT2D eigenvalue weighted by Crippen LogP contribution is 2.21. The molecular formula is C22H32N4O3. The van der Waals surface area contributed by atoms with Gasteiger partial charge in [0.1, 0.15) is 5.75 Å². The SMILES string of the molecule is CCOc1ccc(N(CCC#N)C(=O)CCCNC(=O)NC2CCCCC2)cc1. The minimum absolute atomic E-state index is 0.0566. The summed E-state index contributed by atoms with van der Waals surface area (Å²) < 4.78 is 5.44. The summed E-state index contributed by atoms with van der Waals surface area (Å²) in [5, 5.41) is 14.8. The van der Waals surface area contributed by atoms with Crippen LogP contribution in [0.5, 0.6) is 5.75 Å². The molecule has 7 heteroatoms. The number of rotatable bonds is 10. The van der Waals surface area contributed by atoms with Crippen molar-refractivity contribution in [1.82, 2.24) is 10.6 Å². The molecule has 158 valence electrons. The van der Waals surface area contributed by atoms with E-state index in [0.717, 1.165) is 24.3 Å². The largest absolute Gasteiger partial charge is 0.494 e. The number of carbonyl (C=O) groups is 2. The van der Waals surface area contributed by atoms with Crippen molar-refractivity contribution in [2.45, 2.75) is 64.3 Å². The predicted octanol–water partition coefficient (Wildman–Crippen LogP) is 3.74. The number of carbonyl (C=O) groups excluding carboxylic acids is 2. The van der Waals surface area contributed by atoms with E-state index in [-0.39, 0.29) is 24.4 Å². The highest BCUT2D eigenvalue weighted by atomic mass is 16.5. The molecule has 1 aliphatic carbocycles. The third kappa shape index (κ3) is 8.02. The van der Waals surface area contributed by atoms with Gasteiger partial charge in [-0.25, -0.2) is 4.79 Å². The fourth-order valence-corrected chi connectivity index (χ4v) is 3.51. The Morgan fingerprint density at radius 3 is 2.59 bits per heavy atom. The lowest BCUT2D eigenvalue weighted by molar-refractivity contribution is -0.118. The maximum atomic E-state index is 12.7. The minimum Gasteiger partial charge on any atom is -0.494 e. The second kappa shape index (κ2) is 12.7. The Kier molecular flexibility index (Phi) is 9.84. The molecule has 0 saturated heterocycles. The molecule has 3 amide bonds. The van der Waals surface area contributed by atoms with Crippen LogP contribution in [0.4, 0.5) is 10.5 Å². The number of ether oxygens (including phenoxy) is 1. The predicted molar refractivity (Wildman–Crippen MR) is 113 cm³/mol. The van der Waals surface area contributed by atoms with Crippen LogP contribution in [-0.4, -0.2) is 37.7 Å². The van der Waals surface area contributed by atoms with Crippen LogP contribution >= 0.6 is 0 Å². The number of hydrogen-bond donors (Lipinski definition) is 2. The molecule has 7 nitrogen and oxygen atoms in total. The zero-order chi connectivity index (χ0) is 20.9. The summed E-state index contributed by atoms with van der Waals surface area (Å²) in [5.41, 5.74) is 0.747. The molecule has 1 fully saturated rings. The fourth-order valence-electron chi connectivity index (χ4n) is 3.51. The second-order valence-electron chi connectivity index (χ2n) is 7.22. The van der Waals surface area contributed by atoms with Crippen molar-refractivity contribution in [1.29, 1.82) is 5.26 Å². The van der Waals surface area contributed by atoms with Crippen molar-refractivity contribution < 1.29 is 14.3 Å². The van der Waals surface area contributed by atoms with E-state index in [0.29, 0.717) is 32.5 Å². The molecule has 2 N–H and O–H groups in total. The quantitative estimate of drug-likeness (QED) is 0.585. The van der Waals surface area contributed by atoms with E-state index in [9.17, 15) is 9.59 Å². The molecule has 0 radical (unpaired) electrons. The van der Waals surface area contributed by atoms with Gasteiger partial charge in [-0.2, -0.15) is 5.26 Å². The van der Waals surface area contributed by atoms with Gasteiger partial charge in [0.25, 0.3) is 0 Å². The van der Waals surface area contributed by atoms with Crippen molar-refractivity contribution in [3.05, 3.63) is 24.3 Å². The van der Waals surface area contributed by atoms with Gasteiger partial charge in [0.05, 0.1) is 19.1 Å². The van der Waals surface area contributed by atoms with Crippen LogP contribution in [-0.2, 0) is 4.79 Å². The van der Waals surface area contributed by atoms with E-state index < -0.39 is 0 Å². The standard InChI is InChI=1S/C22H32N4O3/c1-2-29-20-13-11-19(12-14-20)26(17-7-15-23)21(27)10-6-16-24-22(28)25-18-8-4-3-5-9-18/h11-14,18H,2-10,16-17H2,1H3,(H2,24,25,28). The molecule has 1 saturated carbocycles. The average molecular weight is 401 g/mol. The monoisotopic (exact) mass is 400 g/mol. The topological polar surface area (TPSA) is 94.5 Å². The first-order valence-electron chi connectivity index (χ1n) is 10.6. The molecule has 0 spiro atoms. The van der Waals surface area contributed by atoms with Crippen LogP contribution in [0.25, 0.3) is 0 Å². The normalized spacial score (nSPS) is 13.9. The van der Waals surface area contributed by atoms with E-state index in [4.69, 9.17) is 10.00 Å². The van der Waals surface area contributed by atoms with Gasteiger partial charge in [-0.1, -0.05) is 19.3 Å². The van der Waals surface area contributed by atoms with Crippen LogP contribution < -0.4 is 20.3 Å². The molecule has 2 rings (SSSR count). The number of amides is 3. The lowest BCUT2D eigenvalue weighted by Crippen LogP contribution is -2.43. The van der Waals surface area contributed by atoms with E-state index in [1.54, 1.807) is 4.90 Å². The number of nitrogens with one attached hydrogen (secondary N) is 2. The number of benzene rings is 1. The number of nitrogens with zero attached hydrogens (tertiary/aromatic N) is 2. The Labute approximate surface area is 173 Å². The molecule has 29 heavy (non-hydrogen) atoms. The Hall–Kier alpha value is -2.75. The summed E-state index contributed by atoms with van der Waals surface area (Å²) in [6.07, 6.45) is 6.80. The second-order valence-corrected chi connectivity index (χ2v) is 7.22. The molecule has 0 aromatic heterocycles. The first-order valence-corrected chi connectivity index (χ1v) is 10.6. The van der Waals surface area contributed by atoms with Gasteiger partial charge in [0.2, 0.25) is 5.91 Å². The smallest absolute Gasteiger partial charge is 0.315 e. The molecular weight excluding hydrogens is 368 g/mol. The minimum atomic E-state index is -0.155. The van der Waals surface area contributed by atoms with Crippen molar-refractivity contribution in [2.24, 2.45) is 0 Å². The lowest BCUT2D eigenvalue weighted by atomic mass is 9.96. The lowest BCUT2D eigenvalue weighted by Gasteiger charge is -2.23. The summed E-state index contributed by atoms with van der Waals surface area (Å²) in [4.78, 5) is 26.3. The molecule has 0 aliphatic heterocycles. The Morgan fingerprint density at radius 2 is 1.93 bits per heavy atom. The summed E-state index contributed by atoms with van der Waals surface area (Å²) in [7, 11) is 0. The van der Waals surface area contributed by atoms with Crippen LogP contribution in [0.2, 0.25) is 0 Å². The summed E-state index contributed by atoms with van der Waals surface area (Å²) in [6, 6.07) is 9.51. The molecule has 1 aromatic carbocycles. The molecule has 0 bridgehead atoms. The first kappa shape index (κ1) is 22.5. The van der Waals surface area contributed by atoms with Gasteiger partial charge in [-0.15, -0.1) is 0 Å². The Morgan fingerprint density at radius 1 is 1.21 bits per heavy atom. The number of hydrogen-bond acceptors (Lipinski definition) is 4. The van der Waals surface area contributed by atoms with Gasteiger partial charge in [0, 0.05) is 31.2 Å². The fraction of sp³-hybridized carbons (Fsp3) is 0.591. The summed E-state index contributed by atoms with van der Waals surface area (Å²) >= 11 is 0. The van der Waals surface area contributed by atoms with Crippen molar-refractivity contribution in [3.8, 4) is 11.8 Å². The molecule has 0 unspecified atom stereocenters. The van der Waals surface area contributed by atoms with Gasteiger partial charge in [-0.3, -0.25) is 4.79 Å². The van der Waals surface area contributed by atoms with Crippen molar-refractivity contribution in [3.63, 3.8) is 0 Å². The van der Waals surface area contributed by atoms with Gasteiger partial charge >= 0.3 is 6.03 Å². The number of nitriles is 1. The number of anilines is 1. The average Bonchev–Trinajstić information content (AvgIpc) is 2.73. The van der Waals surface area contributed by atoms with Gasteiger partial charge in [0.15, 0.2) is 0 Å². The van der Waals surface area contributed by atoms with Crippen LogP contribution in [0.1, 0.15) is 58.3 Å². The third-order valence-corrected chi connectivity index (χ3v) is 5.00. The molecule has 1 aliphatic rings. The molecule has 1 aromatic rings. The van der Waals surface area contributed by atoms with E-state index in [1.165, 1.54) is 19.3 Å². The highest BCUT2D eigenvalue weighted by molar-refractivity contribution is 5.93. The van der Waals surface area contributed by atoms with E-state index >= 15 is 0 Å². The van der Waals surface area contributed by atoms with Gasteiger partial charge in [-0.05, 0) is 50.5 Å². The van der Waals surface area contributed by atoms with Gasteiger partial charge < -0.3 is 20.3 Å². The van der Waals surface area contributed by atoms with Crippen LogP contribution in [0.3, 0.4) is 0 Å². The number of urea groups is 1. The zero-order valence-electron chi connectivity index (χ0n) is 17.3. The highest BCUT2D eigenvalue weighted by Gasteiger charge is 2.17. The summed E-state index contributed by atoms with van der Waals surface area (Å²) in [6.45, 7) is 3.29. The Bertz CT molecular complexity index is 678. The van der Waals surface area contributed by atoms with E-state index in [2.05, 4.69) is 16.7 Å². The van der Waals surface area contributed by atoms with Crippen LogP contribution in [0, 0.1) is 11.3 Å².